The van der Waals surface area contributed by atoms with E-state index in [2.05, 4.69) is 35.5 Å². The number of benzene rings is 4. The molecule has 0 saturated carbocycles. The Morgan fingerprint density at radius 1 is 0.303 bits per heavy atom. The molecule has 0 aliphatic rings. The molecule has 156 valence electrons. The number of phenolic OH excluding ortho intramolecular Hbond substituents is 3. The fourth-order valence-corrected chi connectivity index (χ4v) is 2.91. The van der Waals surface area contributed by atoms with Gasteiger partial charge in [-0.1, -0.05) is 35.5 Å². The molecule has 0 fully saturated rings. The van der Waals surface area contributed by atoms with E-state index in [1.54, 1.807) is 72.8 Å². The summed E-state index contributed by atoms with van der Waals surface area (Å²) in [6, 6.07) is 25.8. The standard InChI is InChI=1S/C30H18O3/c31-28-13-7-22(8-14-28)1-4-25-19-26(5-2-23-9-15-29(32)16-10-23)21-27(20-25)6-3-24-11-17-30(33)18-12-24/h7-21,31-33H. The molecule has 0 radical (unpaired) electrons. The highest BCUT2D eigenvalue weighted by molar-refractivity contribution is 5.55. The van der Waals surface area contributed by atoms with Gasteiger partial charge in [0.15, 0.2) is 0 Å². The van der Waals surface area contributed by atoms with Crippen molar-refractivity contribution in [3.63, 3.8) is 0 Å². The zero-order valence-corrected chi connectivity index (χ0v) is 17.5. The maximum Gasteiger partial charge on any atom is 0.115 e. The van der Waals surface area contributed by atoms with Crippen LogP contribution < -0.4 is 0 Å². The van der Waals surface area contributed by atoms with Gasteiger partial charge in [0, 0.05) is 33.4 Å². The monoisotopic (exact) mass is 426 g/mol. The van der Waals surface area contributed by atoms with Crippen molar-refractivity contribution in [1.29, 1.82) is 0 Å². The maximum absolute atomic E-state index is 9.44. The lowest BCUT2D eigenvalue weighted by Gasteiger charge is -1.98. The van der Waals surface area contributed by atoms with Crippen molar-refractivity contribution < 1.29 is 15.3 Å². The molecule has 0 unspecified atom stereocenters. The Morgan fingerprint density at radius 2 is 0.515 bits per heavy atom. The van der Waals surface area contributed by atoms with E-state index in [9.17, 15) is 15.3 Å². The highest BCUT2D eigenvalue weighted by Crippen LogP contribution is 2.13. The number of phenols is 3. The van der Waals surface area contributed by atoms with E-state index >= 15 is 0 Å². The second-order valence-corrected chi connectivity index (χ2v) is 7.19. The molecule has 0 aliphatic carbocycles. The number of hydrogen-bond donors (Lipinski definition) is 3. The first-order valence-corrected chi connectivity index (χ1v) is 10.1. The number of hydrogen-bond acceptors (Lipinski definition) is 3. The summed E-state index contributed by atoms with van der Waals surface area (Å²) >= 11 is 0. The average molecular weight is 426 g/mol. The summed E-state index contributed by atoms with van der Waals surface area (Å²) in [6.07, 6.45) is 0. The highest BCUT2D eigenvalue weighted by Gasteiger charge is 1.98. The molecule has 3 nitrogen and oxygen atoms in total. The van der Waals surface area contributed by atoms with Crippen molar-refractivity contribution in [2.75, 3.05) is 0 Å². The van der Waals surface area contributed by atoms with Gasteiger partial charge in [0.25, 0.3) is 0 Å². The molecule has 4 aromatic rings. The van der Waals surface area contributed by atoms with E-state index in [-0.39, 0.29) is 17.2 Å². The lowest BCUT2D eigenvalue weighted by atomic mass is 10.0. The second kappa shape index (κ2) is 9.84. The van der Waals surface area contributed by atoms with Crippen molar-refractivity contribution in [1.82, 2.24) is 0 Å². The smallest absolute Gasteiger partial charge is 0.115 e. The first-order chi connectivity index (χ1) is 16.0. The van der Waals surface area contributed by atoms with Crippen LogP contribution in [0.1, 0.15) is 33.4 Å². The molecule has 33 heavy (non-hydrogen) atoms. The lowest BCUT2D eigenvalue weighted by molar-refractivity contribution is 0.474. The Hall–Kier alpha value is -5.04. The van der Waals surface area contributed by atoms with Gasteiger partial charge in [-0.15, -0.1) is 0 Å². The minimum absolute atomic E-state index is 0.193. The van der Waals surface area contributed by atoms with Crippen LogP contribution in [-0.2, 0) is 0 Å². The van der Waals surface area contributed by atoms with Crippen LogP contribution in [0.15, 0.2) is 91.0 Å². The molecular weight excluding hydrogens is 408 g/mol. The molecule has 0 saturated heterocycles. The summed E-state index contributed by atoms with van der Waals surface area (Å²) in [5.74, 6) is 19.3. The van der Waals surface area contributed by atoms with Gasteiger partial charge in [-0.3, -0.25) is 0 Å². The summed E-state index contributed by atoms with van der Waals surface area (Å²) < 4.78 is 0. The third kappa shape index (κ3) is 6.22. The van der Waals surface area contributed by atoms with E-state index in [1.165, 1.54) is 0 Å². The predicted octanol–water partition coefficient (Wildman–Crippen LogP) is 5.00. The number of aromatic hydroxyl groups is 3. The van der Waals surface area contributed by atoms with E-state index in [0.717, 1.165) is 33.4 Å². The minimum atomic E-state index is 0.193. The quantitative estimate of drug-likeness (QED) is 0.347. The Bertz CT molecular complexity index is 1260. The van der Waals surface area contributed by atoms with Crippen LogP contribution >= 0.6 is 0 Å². The van der Waals surface area contributed by atoms with Crippen LogP contribution in [0.4, 0.5) is 0 Å². The molecule has 0 aliphatic heterocycles. The van der Waals surface area contributed by atoms with E-state index < -0.39 is 0 Å². The molecule has 4 aromatic carbocycles. The van der Waals surface area contributed by atoms with Crippen molar-refractivity contribution in [2.24, 2.45) is 0 Å². The molecule has 0 atom stereocenters. The van der Waals surface area contributed by atoms with E-state index in [0.29, 0.717) is 0 Å². The first-order valence-electron chi connectivity index (χ1n) is 10.1. The fourth-order valence-electron chi connectivity index (χ4n) is 2.91. The van der Waals surface area contributed by atoms with Crippen molar-refractivity contribution >= 4 is 0 Å². The molecule has 4 rings (SSSR count). The van der Waals surface area contributed by atoms with Crippen LogP contribution in [0.25, 0.3) is 0 Å². The third-order valence-electron chi connectivity index (χ3n) is 4.59. The highest BCUT2D eigenvalue weighted by atomic mass is 16.3. The predicted molar refractivity (Wildman–Crippen MR) is 129 cm³/mol. The normalized spacial score (nSPS) is 9.45. The van der Waals surface area contributed by atoms with Crippen LogP contribution in [0, 0.1) is 35.5 Å². The van der Waals surface area contributed by atoms with Gasteiger partial charge in [-0.2, -0.15) is 0 Å². The van der Waals surface area contributed by atoms with Crippen LogP contribution in [-0.4, -0.2) is 15.3 Å². The molecular formula is C30H18O3. The summed E-state index contributed by atoms with van der Waals surface area (Å²) in [4.78, 5) is 0. The van der Waals surface area contributed by atoms with E-state index in [4.69, 9.17) is 0 Å². The second-order valence-electron chi connectivity index (χ2n) is 7.19. The van der Waals surface area contributed by atoms with Gasteiger partial charge < -0.3 is 15.3 Å². The summed E-state index contributed by atoms with van der Waals surface area (Å²) in [5, 5.41) is 28.3. The summed E-state index contributed by atoms with van der Waals surface area (Å²) in [6.45, 7) is 0. The SMILES string of the molecule is Oc1ccc(C#Cc2cc(C#Cc3ccc(O)cc3)cc(C#Cc3ccc(O)cc3)c2)cc1. The molecule has 0 amide bonds. The minimum Gasteiger partial charge on any atom is -0.508 e. The van der Waals surface area contributed by atoms with Crippen LogP contribution in [0.2, 0.25) is 0 Å². The molecule has 0 aromatic heterocycles. The van der Waals surface area contributed by atoms with Gasteiger partial charge in [-0.05, 0) is 91.0 Å². The van der Waals surface area contributed by atoms with Gasteiger partial charge in [0.1, 0.15) is 17.2 Å². The topological polar surface area (TPSA) is 60.7 Å². The van der Waals surface area contributed by atoms with Gasteiger partial charge in [0.05, 0.1) is 0 Å². The Labute approximate surface area is 192 Å². The first kappa shape index (κ1) is 21.2. The maximum atomic E-state index is 9.44. The van der Waals surface area contributed by atoms with Crippen molar-refractivity contribution in [3.05, 3.63) is 124 Å². The Balaban J connectivity index is 1.70. The fraction of sp³-hybridized carbons (Fsp3) is 0. The molecule has 3 heteroatoms. The largest absolute Gasteiger partial charge is 0.508 e. The zero-order chi connectivity index (χ0) is 23.0. The molecule has 0 heterocycles. The number of rotatable bonds is 0. The van der Waals surface area contributed by atoms with Crippen LogP contribution in [0.3, 0.4) is 0 Å². The van der Waals surface area contributed by atoms with Crippen molar-refractivity contribution in [2.45, 2.75) is 0 Å². The average Bonchev–Trinajstić information content (AvgIpc) is 2.83. The molecule has 3 N–H and O–H groups in total. The van der Waals surface area contributed by atoms with Gasteiger partial charge in [-0.25, -0.2) is 0 Å². The Morgan fingerprint density at radius 3 is 0.758 bits per heavy atom. The van der Waals surface area contributed by atoms with Crippen LogP contribution in [0.5, 0.6) is 17.2 Å². The van der Waals surface area contributed by atoms with Crippen molar-refractivity contribution in [3.8, 4) is 52.8 Å². The molecule has 0 spiro atoms. The zero-order valence-electron chi connectivity index (χ0n) is 17.5. The molecule has 0 bridgehead atoms. The van der Waals surface area contributed by atoms with E-state index in [1.807, 2.05) is 18.2 Å². The Kier molecular flexibility index (Phi) is 6.33. The van der Waals surface area contributed by atoms with Gasteiger partial charge in [0.2, 0.25) is 0 Å². The third-order valence-corrected chi connectivity index (χ3v) is 4.59. The van der Waals surface area contributed by atoms with Gasteiger partial charge >= 0.3 is 0 Å². The lowest BCUT2D eigenvalue weighted by Crippen LogP contribution is -1.85. The summed E-state index contributed by atoms with van der Waals surface area (Å²) in [7, 11) is 0. The summed E-state index contributed by atoms with van der Waals surface area (Å²) in [5.41, 5.74) is 4.63.